The summed E-state index contributed by atoms with van der Waals surface area (Å²) >= 11 is 11.3. The van der Waals surface area contributed by atoms with Gasteiger partial charge in [-0.05, 0) is 36.2 Å². The van der Waals surface area contributed by atoms with Gasteiger partial charge in [-0.15, -0.1) is 0 Å². The fourth-order valence-electron chi connectivity index (χ4n) is 1.97. The van der Waals surface area contributed by atoms with E-state index in [9.17, 15) is 9.59 Å². The van der Waals surface area contributed by atoms with E-state index in [1.807, 2.05) is 13.0 Å². The molecule has 5 heteroatoms. The number of hydrogen-bond acceptors (Lipinski definition) is 2. The molecular weight excluding hydrogens is 261 g/mol. The van der Waals surface area contributed by atoms with E-state index in [0.717, 1.165) is 11.3 Å². The minimum absolute atomic E-state index is 0.0885. The van der Waals surface area contributed by atoms with Crippen LogP contribution < -0.4 is 4.90 Å². The Morgan fingerprint density at radius 2 is 2.18 bits per heavy atom. The first-order chi connectivity index (χ1) is 7.99. The number of halogens is 2. The summed E-state index contributed by atoms with van der Waals surface area (Å²) < 4.78 is 0. The molecule has 1 aliphatic heterocycles. The van der Waals surface area contributed by atoms with Crippen LogP contribution in [0.5, 0.6) is 0 Å². The van der Waals surface area contributed by atoms with Gasteiger partial charge >= 0.3 is 0 Å². The van der Waals surface area contributed by atoms with Crippen LogP contribution in [0.3, 0.4) is 0 Å². The van der Waals surface area contributed by atoms with Gasteiger partial charge < -0.3 is 4.90 Å². The molecule has 1 aromatic carbocycles. The van der Waals surface area contributed by atoms with Crippen LogP contribution in [-0.2, 0) is 9.59 Å². The van der Waals surface area contributed by atoms with E-state index in [2.05, 4.69) is 0 Å². The van der Waals surface area contributed by atoms with Crippen molar-refractivity contribution in [3.8, 4) is 0 Å². The van der Waals surface area contributed by atoms with Crippen molar-refractivity contribution < 1.29 is 9.59 Å². The average molecular weight is 272 g/mol. The number of aryl methyl sites for hydroxylation is 1. The first-order valence-corrected chi connectivity index (χ1v) is 6.00. The summed E-state index contributed by atoms with van der Waals surface area (Å²) in [6, 6.07) is 5.35. The summed E-state index contributed by atoms with van der Waals surface area (Å²) in [6.45, 7) is 2.23. The van der Waals surface area contributed by atoms with Crippen molar-refractivity contribution in [2.24, 2.45) is 5.92 Å². The Morgan fingerprint density at radius 3 is 2.76 bits per heavy atom. The lowest BCUT2D eigenvalue weighted by Crippen LogP contribution is -2.25. The molecule has 1 saturated heterocycles. The first kappa shape index (κ1) is 12.4. The zero-order valence-corrected chi connectivity index (χ0v) is 10.8. The van der Waals surface area contributed by atoms with Crippen molar-refractivity contribution in [3.63, 3.8) is 0 Å². The Bertz CT molecular complexity index is 487. The Kier molecular flexibility index (Phi) is 3.40. The van der Waals surface area contributed by atoms with Gasteiger partial charge in [0.1, 0.15) is 0 Å². The van der Waals surface area contributed by atoms with Gasteiger partial charge in [0.15, 0.2) is 0 Å². The molecule has 1 heterocycles. The number of benzene rings is 1. The molecule has 90 valence electrons. The van der Waals surface area contributed by atoms with E-state index in [1.54, 1.807) is 17.0 Å². The molecule has 1 aromatic rings. The van der Waals surface area contributed by atoms with Crippen LogP contribution in [0.2, 0.25) is 5.02 Å². The number of carbonyl (C=O) groups excluding carboxylic acids is 2. The third-order valence-corrected chi connectivity index (χ3v) is 3.45. The third kappa shape index (κ3) is 2.45. The monoisotopic (exact) mass is 271 g/mol. The SMILES string of the molecule is Cc1ccc(Cl)cc1N1C[C@H](C(=O)Cl)CC1=O. The number of rotatable bonds is 2. The number of carbonyl (C=O) groups is 2. The van der Waals surface area contributed by atoms with E-state index in [4.69, 9.17) is 23.2 Å². The highest BCUT2D eigenvalue weighted by Crippen LogP contribution is 2.30. The highest BCUT2D eigenvalue weighted by atomic mass is 35.5. The standard InChI is InChI=1S/C12H11Cl2NO2/c1-7-2-3-9(13)5-10(7)15-6-8(12(14)17)4-11(15)16/h2-3,5,8H,4,6H2,1H3/t8-/m1/s1. The van der Waals surface area contributed by atoms with Gasteiger partial charge in [-0.2, -0.15) is 0 Å². The second-order valence-electron chi connectivity index (χ2n) is 4.14. The average Bonchev–Trinajstić information content (AvgIpc) is 2.64. The highest BCUT2D eigenvalue weighted by Gasteiger charge is 2.34. The quantitative estimate of drug-likeness (QED) is 0.776. The van der Waals surface area contributed by atoms with Crippen LogP contribution in [-0.4, -0.2) is 17.7 Å². The summed E-state index contributed by atoms with van der Waals surface area (Å²) in [7, 11) is 0. The molecule has 1 fully saturated rings. The van der Waals surface area contributed by atoms with Crippen LogP contribution in [0.1, 0.15) is 12.0 Å². The highest BCUT2D eigenvalue weighted by molar-refractivity contribution is 6.64. The Labute approximate surface area is 109 Å². The molecule has 1 atom stereocenters. The maximum Gasteiger partial charge on any atom is 0.227 e. The number of amides is 1. The molecule has 0 bridgehead atoms. The van der Waals surface area contributed by atoms with Crippen molar-refractivity contribution in [1.82, 2.24) is 0 Å². The number of hydrogen-bond donors (Lipinski definition) is 0. The topological polar surface area (TPSA) is 37.4 Å². The summed E-state index contributed by atoms with van der Waals surface area (Å²) in [6.07, 6.45) is 0.175. The van der Waals surface area contributed by atoms with Crippen molar-refractivity contribution in [3.05, 3.63) is 28.8 Å². The predicted molar refractivity (Wildman–Crippen MR) is 67.5 cm³/mol. The van der Waals surface area contributed by atoms with Gasteiger partial charge in [0.2, 0.25) is 11.1 Å². The Morgan fingerprint density at radius 1 is 1.47 bits per heavy atom. The zero-order valence-electron chi connectivity index (χ0n) is 9.24. The van der Waals surface area contributed by atoms with E-state index < -0.39 is 11.2 Å². The molecule has 0 aromatic heterocycles. The van der Waals surface area contributed by atoms with Crippen LogP contribution in [0, 0.1) is 12.8 Å². The predicted octanol–water partition coefficient (Wildman–Crippen LogP) is 2.77. The zero-order chi connectivity index (χ0) is 12.6. The second kappa shape index (κ2) is 4.67. The van der Waals surface area contributed by atoms with E-state index >= 15 is 0 Å². The molecule has 0 spiro atoms. The van der Waals surface area contributed by atoms with E-state index in [1.165, 1.54) is 0 Å². The molecule has 0 aliphatic carbocycles. The molecule has 0 radical (unpaired) electrons. The van der Waals surface area contributed by atoms with Crippen molar-refractivity contribution in [1.29, 1.82) is 0 Å². The van der Waals surface area contributed by atoms with Gasteiger partial charge in [-0.25, -0.2) is 0 Å². The maximum atomic E-state index is 11.8. The van der Waals surface area contributed by atoms with Gasteiger partial charge in [0.25, 0.3) is 0 Å². The molecule has 0 saturated carbocycles. The maximum absolute atomic E-state index is 11.8. The lowest BCUT2D eigenvalue weighted by molar-refractivity contribution is -0.120. The molecule has 2 rings (SSSR count). The van der Waals surface area contributed by atoms with Gasteiger partial charge in [0, 0.05) is 23.7 Å². The van der Waals surface area contributed by atoms with Gasteiger partial charge in [0.05, 0.1) is 5.92 Å². The van der Waals surface area contributed by atoms with Crippen LogP contribution >= 0.6 is 23.2 Å². The summed E-state index contributed by atoms with van der Waals surface area (Å²) in [4.78, 5) is 24.5. The lowest BCUT2D eigenvalue weighted by Gasteiger charge is -2.18. The van der Waals surface area contributed by atoms with Crippen molar-refractivity contribution in [2.45, 2.75) is 13.3 Å². The Hall–Kier alpha value is -1.06. The fraction of sp³-hybridized carbons (Fsp3) is 0.333. The molecule has 3 nitrogen and oxygen atoms in total. The molecule has 17 heavy (non-hydrogen) atoms. The number of nitrogens with zero attached hydrogens (tertiary/aromatic N) is 1. The van der Waals surface area contributed by atoms with Crippen LogP contribution in [0.4, 0.5) is 5.69 Å². The first-order valence-electron chi connectivity index (χ1n) is 5.25. The Balaban J connectivity index is 2.32. The van der Waals surface area contributed by atoms with E-state index in [0.29, 0.717) is 11.6 Å². The van der Waals surface area contributed by atoms with Crippen LogP contribution in [0.25, 0.3) is 0 Å². The van der Waals surface area contributed by atoms with Crippen LogP contribution in [0.15, 0.2) is 18.2 Å². The molecule has 0 unspecified atom stereocenters. The van der Waals surface area contributed by atoms with Crippen molar-refractivity contribution >= 4 is 40.0 Å². The minimum atomic E-state index is -0.458. The largest absolute Gasteiger partial charge is 0.311 e. The molecule has 1 amide bonds. The molecular formula is C12H11Cl2NO2. The summed E-state index contributed by atoms with van der Waals surface area (Å²) in [5, 5.41) is 0.111. The smallest absolute Gasteiger partial charge is 0.227 e. The summed E-state index contributed by atoms with van der Waals surface area (Å²) in [5.74, 6) is -0.503. The molecule has 0 N–H and O–H groups in total. The van der Waals surface area contributed by atoms with E-state index in [-0.39, 0.29) is 12.3 Å². The normalized spacial score (nSPS) is 19.8. The summed E-state index contributed by atoms with van der Waals surface area (Å²) in [5.41, 5.74) is 1.70. The third-order valence-electron chi connectivity index (χ3n) is 2.91. The second-order valence-corrected chi connectivity index (χ2v) is 4.95. The molecule has 1 aliphatic rings. The fourth-order valence-corrected chi connectivity index (χ4v) is 2.28. The number of anilines is 1. The van der Waals surface area contributed by atoms with Gasteiger partial charge in [-0.1, -0.05) is 17.7 Å². The lowest BCUT2D eigenvalue weighted by atomic mass is 10.1. The van der Waals surface area contributed by atoms with Gasteiger partial charge in [-0.3, -0.25) is 9.59 Å². The van der Waals surface area contributed by atoms with Crippen molar-refractivity contribution in [2.75, 3.05) is 11.4 Å². The minimum Gasteiger partial charge on any atom is -0.311 e.